The van der Waals surface area contributed by atoms with Crippen molar-refractivity contribution in [2.75, 3.05) is 5.32 Å². The van der Waals surface area contributed by atoms with Gasteiger partial charge in [0.15, 0.2) is 5.69 Å². The summed E-state index contributed by atoms with van der Waals surface area (Å²) in [6, 6.07) is 13.0. The summed E-state index contributed by atoms with van der Waals surface area (Å²) >= 11 is 0. The van der Waals surface area contributed by atoms with Crippen LogP contribution >= 0.6 is 0 Å². The number of carbonyl (C=O) groups excluding carboxylic acids is 1. The standard InChI is InChI=1S/C25H30N4O6S/c1-15(2)22(30)26-17-12-13-19(20(14-17)36(33,34)28-25(4,5)6)35-23-16(3)21(24(31)32)27-29(23)18-10-8-7-9-11-18/h7-15,28H,1-6H3,(H,26,30)(H,31,32). The predicted octanol–water partition coefficient (Wildman–Crippen LogP) is 4.34. The fourth-order valence-corrected chi connectivity index (χ4v) is 4.85. The second-order valence-corrected chi connectivity index (χ2v) is 11.2. The zero-order chi connectivity index (χ0) is 26.8. The number of carbonyl (C=O) groups is 2. The molecule has 1 amide bonds. The van der Waals surface area contributed by atoms with Crippen LogP contribution < -0.4 is 14.8 Å². The zero-order valence-electron chi connectivity index (χ0n) is 21.0. The molecule has 3 aromatic rings. The van der Waals surface area contributed by atoms with Crippen LogP contribution in [0.4, 0.5) is 5.69 Å². The summed E-state index contributed by atoms with van der Waals surface area (Å²) in [5.74, 6) is -1.86. The largest absolute Gasteiger partial charge is 0.476 e. The number of nitrogens with zero attached hydrogens (tertiary/aromatic N) is 2. The van der Waals surface area contributed by atoms with Crippen molar-refractivity contribution in [2.24, 2.45) is 5.92 Å². The van der Waals surface area contributed by atoms with Gasteiger partial charge < -0.3 is 15.2 Å². The molecule has 3 rings (SSSR count). The highest BCUT2D eigenvalue weighted by atomic mass is 32.2. The fourth-order valence-electron chi connectivity index (χ4n) is 3.28. The highest BCUT2D eigenvalue weighted by molar-refractivity contribution is 7.89. The van der Waals surface area contributed by atoms with Crippen molar-refractivity contribution in [3.63, 3.8) is 0 Å². The number of carboxylic acid groups (broad SMARTS) is 1. The average Bonchev–Trinajstić information content (AvgIpc) is 3.10. The molecule has 192 valence electrons. The van der Waals surface area contributed by atoms with Crippen LogP contribution in [0.25, 0.3) is 5.69 Å². The van der Waals surface area contributed by atoms with Crippen LogP contribution in [0.3, 0.4) is 0 Å². The Hall–Kier alpha value is -3.70. The number of benzene rings is 2. The Bertz CT molecular complexity index is 1390. The molecule has 0 radical (unpaired) electrons. The number of nitrogens with one attached hydrogen (secondary N) is 2. The van der Waals surface area contributed by atoms with Gasteiger partial charge >= 0.3 is 5.97 Å². The van der Waals surface area contributed by atoms with Crippen LogP contribution in [0.15, 0.2) is 53.4 Å². The van der Waals surface area contributed by atoms with Crippen LogP contribution in [0, 0.1) is 12.8 Å². The van der Waals surface area contributed by atoms with E-state index in [1.807, 2.05) is 0 Å². The number of aromatic carboxylic acids is 1. The Balaban J connectivity index is 2.18. The van der Waals surface area contributed by atoms with Crippen LogP contribution in [0.5, 0.6) is 11.6 Å². The fraction of sp³-hybridized carbons (Fsp3) is 0.320. The van der Waals surface area contributed by atoms with Gasteiger partial charge in [0, 0.05) is 22.7 Å². The Kier molecular flexibility index (Phi) is 7.56. The Morgan fingerprint density at radius 3 is 2.28 bits per heavy atom. The second-order valence-electron chi connectivity index (χ2n) is 9.59. The van der Waals surface area contributed by atoms with Crippen molar-refractivity contribution in [3.05, 3.63) is 59.8 Å². The lowest BCUT2D eigenvalue weighted by atomic mass is 10.1. The SMILES string of the molecule is Cc1c(C(=O)O)nn(-c2ccccc2)c1Oc1ccc(NC(=O)C(C)C)cc1S(=O)(=O)NC(C)(C)C. The molecule has 0 fully saturated rings. The van der Waals surface area contributed by atoms with Gasteiger partial charge in [-0.05, 0) is 58.0 Å². The van der Waals surface area contributed by atoms with E-state index < -0.39 is 21.5 Å². The number of rotatable bonds is 8. The van der Waals surface area contributed by atoms with E-state index in [-0.39, 0.29) is 45.3 Å². The van der Waals surface area contributed by atoms with Crippen molar-refractivity contribution in [1.82, 2.24) is 14.5 Å². The molecule has 10 nitrogen and oxygen atoms in total. The Morgan fingerprint density at radius 2 is 1.72 bits per heavy atom. The van der Waals surface area contributed by atoms with E-state index >= 15 is 0 Å². The quantitative estimate of drug-likeness (QED) is 0.406. The maximum Gasteiger partial charge on any atom is 0.356 e. The molecule has 0 aliphatic heterocycles. The summed E-state index contributed by atoms with van der Waals surface area (Å²) in [4.78, 5) is 23.8. The molecule has 0 bridgehead atoms. The molecular weight excluding hydrogens is 484 g/mol. The summed E-state index contributed by atoms with van der Waals surface area (Å²) < 4.78 is 36.7. The third-order valence-corrected chi connectivity index (χ3v) is 6.72. The monoisotopic (exact) mass is 514 g/mol. The molecule has 1 aromatic heterocycles. The third kappa shape index (κ3) is 6.10. The van der Waals surface area contributed by atoms with Gasteiger partial charge in [0.05, 0.1) is 5.69 Å². The number of carboxylic acids is 1. The molecule has 0 aliphatic carbocycles. The first-order valence-electron chi connectivity index (χ1n) is 11.2. The molecule has 0 spiro atoms. The number of amides is 1. The summed E-state index contributed by atoms with van der Waals surface area (Å²) in [6.07, 6.45) is 0. The van der Waals surface area contributed by atoms with Gasteiger partial charge in [-0.15, -0.1) is 0 Å². The zero-order valence-corrected chi connectivity index (χ0v) is 21.8. The highest BCUT2D eigenvalue weighted by Crippen LogP contribution is 2.35. The number of ether oxygens (including phenoxy) is 1. The van der Waals surface area contributed by atoms with Crippen molar-refractivity contribution in [2.45, 2.75) is 52.0 Å². The Labute approximate surface area is 210 Å². The smallest absolute Gasteiger partial charge is 0.356 e. The topological polar surface area (TPSA) is 140 Å². The van der Waals surface area contributed by atoms with E-state index in [2.05, 4.69) is 15.1 Å². The molecule has 36 heavy (non-hydrogen) atoms. The normalized spacial score (nSPS) is 12.0. The molecule has 0 atom stereocenters. The van der Waals surface area contributed by atoms with Gasteiger partial charge in [-0.3, -0.25) is 4.79 Å². The molecule has 1 heterocycles. The van der Waals surface area contributed by atoms with E-state index in [0.717, 1.165) is 0 Å². The van der Waals surface area contributed by atoms with E-state index in [1.54, 1.807) is 65.0 Å². The summed E-state index contributed by atoms with van der Waals surface area (Å²) in [5, 5.41) is 16.5. The number of para-hydroxylation sites is 1. The maximum atomic E-state index is 13.4. The van der Waals surface area contributed by atoms with Gasteiger partial charge in [0.25, 0.3) is 0 Å². The minimum Gasteiger partial charge on any atom is -0.476 e. The summed E-state index contributed by atoms with van der Waals surface area (Å²) in [5.41, 5.74) is -0.00978. The van der Waals surface area contributed by atoms with Crippen molar-refractivity contribution in [3.8, 4) is 17.3 Å². The molecule has 0 unspecified atom stereocenters. The first kappa shape index (κ1) is 26.9. The van der Waals surface area contributed by atoms with E-state index in [0.29, 0.717) is 5.69 Å². The molecule has 3 N–H and O–H groups in total. The summed E-state index contributed by atoms with van der Waals surface area (Å²) in [7, 11) is -4.12. The molecular formula is C25H30N4O6S. The van der Waals surface area contributed by atoms with E-state index in [9.17, 15) is 23.1 Å². The minimum absolute atomic E-state index is 0.0461. The van der Waals surface area contributed by atoms with Gasteiger partial charge in [-0.25, -0.2) is 17.9 Å². The number of sulfonamides is 1. The molecule has 0 saturated carbocycles. The molecule has 11 heteroatoms. The molecule has 2 aromatic carbocycles. The maximum absolute atomic E-state index is 13.4. The van der Waals surface area contributed by atoms with E-state index in [1.165, 1.54) is 29.8 Å². The van der Waals surface area contributed by atoms with Gasteiger partial charge in [0.2, 0.25) is 21.8 Å². The molecule has 0 saturated heterocycles. The van der Waals surface area contributed by atoms with Crippen LogP contribution in [0.1, 0.15) is 50.7 Å². The number of hydrogen-bond donors (Lipinski definition) is 3. The first-order chi connectivity index (χ1) is 16.7. The lowest BCUT2D eigenvalue weighted by Crippen LogP contribution is -2.40. The van der Waals surface area contributed by atoms with E-state index in [4.69, 9.17) is 4.74 Å². The summed E-state index contributed by atoms with van der Waals surface area (Å²) in [6.45, 7) is 10.1. The predicted molar refractivity (Wildman–Crippen MR) is 135 cm³/mol. The van der Waals surface area contributed by atoms with Gasteiger partial charge in [0.1, 0.15) is 10.6 Å². The van der Waals surface area contributed by atoms with Crippen molar-refractivity contribution in [1.29, 1.82) is 0 Å². The van der Waals surface area contributed by atoms with Crippen LogP contribution in [0.2, 0.25) is 0 Å². The second kappa shape index (κ2) is 10.1. The molecule has 0 aliphatic rings. The first-order valence-corrected chi connectivity index (χ1v) is 12.7. The van der Waals surface area contributed by atoms with Gasteiger partial charge in [-0.1, -0.05) is 32.0 Å². The third-order valence-electron chi connectivity index (χ3n) is 4.94. The lowest BCUT2D eigenvalue weighted by molar-refractivity contribution is -0.118. The van der Waals surface area contributed by atoms with Crippen LogP contribution in [-0.2, 0) is 14.8 Å². The number of hydrogen-bond acceptors (Lipinski definition) is 6. The van der Waals surface area contributed by atoms with Crippen LogP contribution in [-0.4, -0.2) is 40.7 Å². The highest BCUT2D eigenvalue weighted by Gasteiger charge is 2.29. The number of anilines is 1. The van der Waals surface area contributed by atoms with Gasteiger partial charge in [-0.2, -0.15) is 9.78 Å². The van der Waals surface area contributed by atoms with Crippen molar-refractivity contribution < 1.29 is 27.9 Å². The Morgan fingerprint density at radius 1 is 1.08 bits per heavy atom. The average molecular weight is 515 g/mol. The lowest BCUT2D eigenvalue weighted by Gasteiger charge is -2.22. The van der Waals surface area contributed by atoms with Crippen molar-refractivity contribution >= 4 is 27.6 Å². The number of aromatic nitrogens is 2. The minimum atomic E-state index is -4.12.